The van der Waals surface area contributed by atoms with Gasteiger partial charge in [0.15, 0.2) is 0 Å². The molecule has 1 atom stereocenters. The SMILES string of the molecule is Nc1ccn(C[C@@H](CO)OCP(=O)(O)O)c(=O)n1.[Na+]. The summed E-state index contributed by atoms with van der Waals surface area (Å²) in [5, 5.41) is 8.99. The molecular formula is C8H14N3NaO6P+. The summed E-state index contributed by atoms with van der Waals surface area (Å²) in [6, 6.07) is 1.39. The summed E-state index contributed by atoms with van der Waals surface area (Å²) in [6.45, 7) is -0.570. The van der Waals surface area contributed by atoms with Crippen molar-refractivity contribution in [3.05, 3.63) is 22.7 Å². The summed E-state index contributed by atoms with van der Waals surface area (Å²) in [5.41, 5.74) is 4.67. The summed E-state index contributed by atoms with van der Waals surface area (Å²) in [6.07, 6.45) is -0.385. The van der Waals surface area contributed by atoms with Gasteiger partial charge in [0.1, 0.15) is 12.2 Å². The van der Waals surface area contributed by atoms with Crippen LogP contribution < -0.4 is 41.0 Å². The van der Waals surface area contributed by atoms with Crippen LogP contribution in [-0.2, 0) is 15.8 Å². The number of aliphatic hydroxyl groups excluding tert-OH is 1. The third-order valence-electron chi connectivity index (χ3n) is 1.98. The van der Waals surface area contributed by atoms with E-state index < -0.39 is 32.3 Å². The molecule has 0 amide bonds. The van der Waals surface area contributed by atoms with Crippen LogP contribution in [0.1, 0.15) is 0 Å². The Morgan fingerprint density at radius 2 is 2.16 bits per heavy atom. The van der Waals surface area contributed by atoms with Gasteiger partial charge in [0.25, 0.3) is 0 Å². The Hall–Kier alpha value is -0.250. The molecule has 0 aliphatic carbocycles. The molecule has 0 aliphatic heterocycles. The normalized spacial score (nSPS) is 12.8. The van der Waals surface area contributed by atoms with E-state index in [1.54, 1.807) is 0 Å². The predicted molar refractivity (Wildman–Crippen MR) is 61.8 cm³/mol. The molecule has 0 radical (unpaired) electrons. The van der Waals surface area contributed by atoms with Crippen molar-refractivity contribution in [3.8, 4) is 0 Å². The van der Waals surface area contributed by atoms with E-state index in [0.29, 0.717) is 0 Å². The second-order valence-corrected chi connectivity index (χ2v) is 5.14. The number of ether oxygens (including phenoxy) is 1. The number of nitrogens with zero attached hydrogens (tertiary/aromatic N) is 2. The number of aliphatic hydroxyl groups is 1. The second kappa shape index (κ2) is 8.13. The van der Waals surface area contributed by atoms with E-state index in [-0.39, 0.29) is 41.9 Å². The van der Waals surface area contributed by atoms with Gasteiger partial charge in [-0.1, -0.05) is 0 Å². The summed E-state index contributed by atoms with van der Waals surface area (Å²) in [4.78, 5) is 32.1. The van der Waals surface area contributed by atoms with Crippen molar-refractivity contribution in [2.45, 2.75) is 12.6 Å². The Balaban J connectivity index is 0.00000324. The van der Waals surface area contributed by atoms with Gasteiger partial charge in [0.2, 0.25) is 0 Å². The first-order valence-corrected chi connectivity index (χ1v) is 6.71. The van der Waals surface area contributed by atoms with Crippen LogP contribution in [0.2, 0.25) is 0 Å². The zero-order chi connectivity index (χ0) is 13.8. The Morgan fingerprint density at radius 1 is 1.53 bits per heavy atom. The molecule has 19 heavy (non-hydrogen) atoms. The minimum Gasteiger partial charge on any atom is -0.394 e. The van der Waals surface area contributed by atoms with E-state index in [0.717, 1.165) is 4.57 Å². The standard InChI is InChI=1S/C8H14N3O6P.Na/c9-7-1-2-11(8(13)10-7)3-6(4-12)17-5-18(14,15)16;/h1-2,6,12H,3-5H2,(H2,9,10,13)(H2,14,15,16);/q;+1/t6-;/m0./s1. The maximum Gasteiger partial charge on any atom is 1.00 e. The predicted octanol–water partition coefficient (Wildman–Crippen LogP) is -4.66. The van der Waals surface area contributed by atoms with Crippen LogP contribution in [0.25, 0.3) is 0 Å². The molecule has 0 spiro atoms. The smallest absolute Gasteiger partial charge is 0.394 e. The van der Waals surface area contributed by atoms with Crippen molar-refractivity contribution in [1.29, 1.82) is 0 Å². The number of rotatable bonds is 6. The van der Waals surface area contributed by atoms with Crippen LogP contribution in [0, 0.1) is 0 Å². The largest absolute Gasteiger partial charge is 1.00 e. The van der Waals surface area contributed by atoms with E-state index in [4.69, 9.17) is 25.4 Å². The van der Waals surface area contributed by atoms with Crippen LogP contribution in [0.15, 0.2) is 17.1 Å². The molecule has 0 bridgehead atoms. The van der Waals surface area contributed by atoms with Gasteiger partial charge >= 0.3 is 42.8 Å². The Labute approximate surface area is 130 Å². The van der Waals surface area contributed by atoms with E-state index in [2.05, 4.69) is 4.98 Å². The molecular weight excluding hydrogens is 288 g/mol. The van der Waals surface area contributed by atoms with Gasteiger partial charge in [-0.15, -0.1) is 0 Å². The maximum absolute atomic E-state index is 11.4. The maximum atomic E-state index is 11.4. The Bertz CT molecular complexity index is 504. The minimum absolute atomic E-state index is 0. The summed E-state index contributed by atoms with van der Waals surface area (Å²) < 4.78 is 16.5. The summed E-state index contributed by atoms with van der Waals surface area (Å²) in [7, 11) is -4.31. The van der Waals surface area contributed by atoms with Gasteiger partial charge in [-0.25, -0.2) is 4.79 Å². The number of hydrogen-bond donors (Lipinski definition) is 4. The molecule has 0 fully saturated rings. The van der Waals surface area contributed by atoms with Crippen molar-refractivity contribution in [2.75, 3.05) is 18.7 Å². The van der Waals surface area contributed by atoms with E-state index in [9.17, 15) is 9.36 Å². The molecule has 1 rings (SSSR count). The zero-order valence-corrected chi connectivity index (χ0v) is 13.2. The average Bonchev–Trinajstić information content (AvgIpc) is 2.25. The van der Waals surface area contributed by atoms with Gasteiger partial charge in [0, 0.05) is 6.20 Å². The van der Waals surface area contributed by atoms with Crippen LogP contribution in [-0.4, -0.2) is 43.5 Å². The van der Waals surface area contributed by atoms with Crippen LogP contribution in [0.3, 0.4) is 0 Å². The monoisotopic (exact) mass is 302 g/mol. The third-order valence-corrected chi connectivity index (χ3v) is 2.46. The average molecular weight is 302 g/mol. The topological polar surface area (TPSA) is 148 Å². The van der Waals surface area contributed by atoms with Crippen molar-refractivity contribution < 1.29 is 53.8 Å². The quantitative estimate of drug-likeness (QED) is 0.303. The van der Waals surface area contributed by atoms with Crippen molar-refractivity contribution >= 4 is 13.4 Å². The van der Waals surface area contributed by atoms with Gasteiger partial charge in [-0.3, -0.25) is 9.13 Å². The molecule has 0 saturated carbocycles. The molecule has 0 saturated heterocycles. The summed E-state index contributed by atoms with van der Waals surface area (Å²) >= 11 is 0. The number of hydrogen-bond acceptors (Lipinski definition) is 6. The molecule has 0 aromatic carbocycles. The van der Waals surface area contributed by atoms with Crippen molar-refractivity contribution in [2.24, 2.45) is 0 Å². The summed E-state index contributed by atoms with van der Waals surface area (Å²) in [5.74, 6) is 0.0629. The fraction of sp³-hybridized carbons (Fsp3) is 0.500. The second-order valence-electron chi connectivity index (χ2n) is 3.55. The number of nitrogens with two attached hydrogens (primary N) is 1. The first kappa shape index (κ1) is 18.8. The molecule has 1 aromatic heterocycles. The molecule has 102 valence electrons. The van der Waals surface area contributed by atoms with E-state index in [1.807, 2.05) is 0 Å². The number of anilines is 1. The third kappa shape index (κ3) is 7.19. The Morgan fingerprint density at radius 3 is 2.63 bits per heavy atom. The van der Waals surface area contributed by atoms with Crippen LogP contribution >= 0.6 is 7.60 Å². The van der Waals surface area contributed by atoms with Gasteiger partial charge in [0.05, 0.1) is 19.3 Å². The zero-order valence-electron chi connectivity index (χ0n) is 10.3. The Kier molecular flexibility index (Phi) is 8.02. The van der Waals surface area contributed by atoms with Crippen molar-refractivity contribution in [3.63, 3.8) is 0 Å². The molecule has 11 heteroatoms. The molecule has 0 unspecified atom stereocenters. The first-order chi connectivity index (χ1) is 8.31. The molecule has 9 nitrogen and oxygen atoms in total. The van der Waals surface area contributed by atoms with Crippen LogP contribution in [0.4, 0.5) is 5.82 Å². The van der Waals surface area contributed by atoms with Crippen molar-refractivity contribution in [1.82, 2.24) is 9.55 Å². The fourth-order valence-electron chi connectivity index (χ4n) is 1.17. The molecule has 5 N–H and O–H groups in total. The minimum atomic E-state index is -4.31. The van der Waals surface area contributed by atoms with Crippen LogP contribution in [0.5, 0.6) is 0 Å². The van der Waals surface area contributed by atoms with Gasteiger partial charge < -0.3 is 25.4 Å². The molecule has 1 aromatic rings. The van der Waals surface area contributed by atoms with Gasteiger partial charge in [-0.2, -0.15) is 4.98 Å². The van der Waals surface area contributed by atoms with E-state index >= 15 is 0 Å². The fourth-order valence-corrected chi connectivity index (χ4v) is 1.57. The number of nitrogen functional groups attached to an aromatic ring is 1. The molecule has 0 aliphatic rings. The van der Waals surface area contributed by atoms with Gasteiger partial charge in [-0.05, 0) is 6.07 Å². The number of aromatic nitrogens is 2. The molecule has 1 heterocycles. The van der Waals surface area contributed by atoms with E-state index in [1.165, 1.54) is 12.3 Å². The first-order valence-electron chi connectivity index (χ1n) is 4.92.